The molecule has 1 aliphatic rings. The number of halogens is 1. The van der Waals surface area contributed by atoms with Gasteiger partial charge in [0.25, 0.3) is 0 Å². The summed E-state index contributed by atoms with van der Waals surface area (Å²) in [6.45, 7) is 6.17. The molecule has 0 bridgehead atoms. The van der Waals surface area contributed by atoms with Crippen LogP contribution in [0.1, 0.15) is 45.1 Å². The largest absolute Gasteiger partial charge is 0.329 e. The van der Waals surface area contributed by atoms with Gasteiger partial charge in [-0.05, 0) is 43.0 Å². The third-order valence-corrected chi connectivity index (χ3v) is 5.30. The standard InChI is InChI=1S/C17H27FN2/c1-16(2)10-4-5-11-17(16,13-19)20(3)12-14-6-8-15(18)9-7-14/h6-9H,4-5,10-13,19H2,1-3H3. The van der Waals surface area contributed by atoms with Gasteiger partial charge < -0.3 is 5.73 Å². The van der Waals surface area contributed by atoms with Crippen molar-refractivity contribution >= 4 is 0 Å². The van der Waals surface area contributed by atoms with Crippen molar-refractivity contribution in [3.63, 3.8) is 0 Å². The molecule has 0 amide bonds. The van der Waals surface area contributed by atoms with Crippen molar-refractivity contribution in [2.24, 2.45) is 11.1 Å². The Bertz CT molecular complexity index is 441. The molecule has 0 radical (unpaired) electrons. The third kappa shape index (κ3) is 2.75. The molecule has 2 rings (SSSR count). The number of hydrogen-bond donors (Lipinski definition) is 1. The molecule has 1 saturated carbocycles. The molecule has 1 aromatic rings. The molecule has 0 spiro atoms. The molecule has 1 aliphatic carbocycles. The summed E-state index contributed by atoms with van der Waals surface area (Å²) >= 11 is 0. The molecule has 1 unspecified atom stereocenters. The molecule has 2 N–H and O–H groups in total. The fourth-order valence-corrected chi connectivity index (χ4v) is 3.81. The fraction of sp³-hybridized carbons (Fsp3) is 0.647. The zero-order valence-corrected chi connectivity index (χ0v) is 13.0. The molecule has 0 aromatic heterocycles. The Hall–Kier alpha value is -0.930. The van der Waals surface area contributed by atoms with Crippen molar-refractivity contribution in [3.8, 4) is 0 Å². The summed E-state index contributed by atoms with van der Waals surface area (Å²) in [5, 5.41) is 0. The van der Waals surface area contributed by atoms with Crippen LogP contribution in [0.5, 0.6) is 0 Å². The number of likely N-dealkylation sites (N-methyl/N-ethyl adjacent to an activating group) is 1. The van der Waals surface area contributed by atoms with Crippen molar-refractivity contribution in [1.82, 2.24) is 4.90 Å². The highest BCUT2D eigenvalue weighted by Crippen LogP contribution is 2.46. The maximum absolute atomic E-state index is 13.0. The summed E-state index contributed by atoms with van der Waals surface area (Å²) in [4.78, 5) is 2.39. The molecule has 1 aromatic carbocycles. The van der Waals surface area contributed by atoms with Gasteiger partial charge in [-0.25, -0.2) is 4.39 Å². The van der Waals surface area contributed by atoms with Gasteiger partial charge in [0.05, 0.1) is 0 Å². The first-order valence-electron chi connectivity index (χ1n) is 7.57. The van der Waals surface area contributed by atoms with Crippen LogP contribution in [0.2, 0.25) is 0 Å². The Morgan fingerprint density at radius 1 is 1.15 bits per heavy atom. The minimum absolute atomic E-state index is 0.0413. The molecule has 0 heterocycles. The summed E-state index contributed by atoms with van der Waals surface area (Å²) in [6, 6.07) is 6.80. The predicted molar refractivity (Wildman–Crippen MR) is 81.9 cm³/mol. The smallest absolute Gasteiger partial charge is 0.123 e. The number of nitrogens with two attached hydrogens (primary N) is 1. The monoisotopic (exact) mass is 278 g/mol. The summed E-state index contributed by atoms with van der Waals surface area (Å²) < 4.78 is 13.0. The molecule has 0 aliphatic heterocycles. The van der Waals surface area contributed by atoms with E-state index in [1.807, 2.05) is 12.1 Å². The third-order valence-electron chi connectivity index (χ3n) is 5.30. The average Bonchev–Trinajstić information content (AvgIpc) is 2.41. The second-order valence-corrected chi connectivity index (χ2v) is 6.81. The van der Waals surface area contributed by atoms with Crippen LogP contribution in [-0.4, -0.2) is 24.0 Å². The first-order valence-corrected chi connectivity index (χ1v) is 7.57. The lowest BCUT2D eigenvalue weighted by molar-refractivity contribution is -0.0334. The highest BCUT2D eigenvalue weighted by atomic mass is 19.1. The second-order valence-electron chi connectivity index (χ2n) is 6.81. The molecule has 3 heteroatoms. The summed E-state index contributed by atoms with van der Waals surface area (Å²) in [6.07, 6.45) is 4.90. The molecule has 2 nitrogen and oxygen atoms in total. The molecular formula is C17H27FN2. The molecule has 112 valence electrons. The minimum Gasteiger partial charge on any atom is -0.329 e. The maximum Gasteiger partial charge on any atom is 0.123 e. The zero-order chi connectivity index (χ0) is 14.8. The van der Waals surface area contributed by atoms with E-state index in [2.05, 4.69) is 25.8 Å². The quantitative estimate of drug-likeness (QED) is 0.912. The van der Waals surface area contributed by atoms with Crippen molar-refractivity contribution in [2.75, 3.05) is 13.6 Å². The molecular weight excluding hydrogens is 251 g/mol. The molecule has 0 saturated heterocycles. The second kappa shape index (κ2) is 5.82. The zero-order valence-electron chi connectivity index (χ0n) is 13.0. The van der Waals surface area contributed by atoms with Crippen molar-refractivity contribution in [1.29, 1.82) is 0 Å². The van der Waals surface area contributed by atoms with Crippen LogP contribution in [0, 0.1) is 11.2 Å². The van der Waals surface area contributed by atoms with Crippen molar-refractivity contribution in [2.45, 2.75) is 51.6 Å². The van der Waals surface area contributed by atoms with Crippen molar-refractivity contribution in [3.05, 3.63) is 35.6 Å². The highest BCUT2D eigenvalue weighted by molar-refractivity contribution is 5.17. The van der Waals surface area contributed by atoms with Gasteiger partial charge in [0.1, 0.15) is 5.82 Å². The Kier molecular flexibility index (Phi) is 4.50. The molecule has 20 heavy (non-hydrogen) atoms. The van der Waals surface area contributed by atoms with Gasteiger partial charge in [0.2, 0.25) is 0 Å². The summed E-state index contributed by atoms with van der Waals surface area (Å²) in [5.41, 5.74) is 7.59. The number of hydrogen-bond acceptors (Lipinski definition) is 2. The normalized spacial score (nSPS) is 25.9. The first-order chi connectivity index (χ1) is 9.41. The molecule has 1 atom stereocenters. The van der Waals surface area contributed by atoms with Gasteiger partial charge in [-0.3, -0.25) is 4.90 Å². The predicted octanol–water partition coefficient (Wildman–Crippen LogP) is 3.56. The van der Waals surface area contributed by atoms with E-state index in [1.165, 1.54) is 31.4 Å². The Balaban J connectivity index is 2.20. The van der Waals surface area contributed by atoms with E-state index in [0.29, 0.717) is 6.54 Å². The van der Waals surface area contributed by atoms with Crippen LogP contribution in [0.25, 0.3) is 0 Å². The number of rotatable bonds is 4. The maximum atomic E-state index is 13.0. The van der Waals surface area contributed by atoms with Crippen molar-refractivity contribution < 1.29 is 4.39 Å². The minimum atomic E-state index is -0.178. The topological polar surface area (TPSA) is 29.3 Å². The fourth-order valence-electron chi connectivity index (χ4n) is 3.81. The van der Waals surface area contributed by atoms with E-state index in [4.69, 9.17) is 5.73 Å². The summed E-state index contributed by atoms with van der Waals surface area (Å²) in [7, 11) is 2.16. The van der Waals surface area contributed by atoms with Gasteiger partial charge >= 0.3 is 0 Å². The van der Waals surface area contributed by atoms with Crippen LogP contribution in [-0.2, 0) is 6.54 Å². The van der Waals surface area contributed by atoms with Crippen LogP contribution in [0.3, 0.4) is 0 Å². The van der Waals surface area contributed by atoms with E-state index in [9.17, 15) is 4.39 Å². The lowest BCUT2D eigenvalue weighted by atomic mass is 9.62. The van der Waals surface area contributed by atoms with E-state index >= 15 is 0 Å². The van der Waals surface area contributed by atoms with Gasteiger partial charge in [-0.2, -0.15) is 0 Å². The van der Waals surface area contributed by atoms with Crippen LogP contribution >= 0.6 is 0 Å². The molecule has 1 fully saturated rings. The Labute approximate surface area is 122 Å². The van der Waals surface area contributed by atoms with Crippen LogP contribution in [0.15, 0.2) is 24.3 Å². The SMILES string of the molecule is CN(Cc1ccc(F)cc1)C1(CN)CCCCC1(C)C. The van der Waals surface area contributed by atoms with E-state index in [1.54, 1.807) is 0 Å². The van der Waals surface area contributed by atoms with Gasteiger partial charge in [-0.15, -0.1) is 0 Å². The Morgan fingerprint density at radius 2 is 1.75 bits per heavy atom. The van der Waals surface area contributed by atoms with Crippen LogP contribution < -0.4 is 5.73 Å². The highest BCUT2D eigenvalue weighted by Gasteiger charge is 2.48. The van der Waals surface area contributed by atoms with Gasteiger partial charge in [0, 0.05) is 18.6 Å². The lowest BCUT2D eigenvalue weighted by Gasteiger charge is -2.55. The number of benzene rings is 1. The first kappa shape index (κ1) is 15.5. The van der Waals surface area contributed by atoms with Gasteiger partial charge in [0.15, 0.2) is 0 Å². The van der Waals surface area contributed by atoms with E-state index in [0.717, 1.165) is 18.5 Å². The van der Waals surface area contributed by atoms with Gasteiger partial charge in [-0.1, -0.05) is 38.8 Å². The number of nitrogens with zero attached hydrogens (tertiary/aromatic N) is 1. The Morgan fingerprint density at radius 3 is 2.30 bits per heavy atom. The lowest BCUT2D eigenvalue weighted by Crippen LogP contribution is -2.62. The average molecular weight is 278 g/mol. The van der Waals surface area contributed by atoms with E-state index in [-0.39, 0.29) is 16.8 Å². The van der Waals surface area contributed by atoms with Crippen LogP contribution in [0.4, 0.5) is 4.39 Å². The summed E-state index contributed by atoms with van der Waals surface area (Å²) in [5.74, 6) is -0.178. The van der Waals surface area contributed by atoms with E-state index < -0.39 is 0 Å².